The number of halogens is 2. The number of carbonyl (C=O) groups excluding carboxylic acids is 1. The van der Waals surface area contributed by atoms with E-state index in [-0.39, 0.29) is 22.4 Å². The van der Waals surface area contributed by atoms with E-state index in [0.717, 1.165) is 8.95 Å². The highest BCUT2D eigenvalue weighted by molar-refractivity contribution is 9.10. The van der Waals surface area contributed by atoms with E-state index in [9.17, 15) is 15.3 Å². The van der Waals surface area contributed by atoms with Crippen molar-refractivity contribution in [2.24, 2.45) is 0 Å². The molecule has 3 aromatic carbocycles. The number of esters is 1. The zero-order valence-electron chi connectivity index (χ0n) is 15.2. The largest absolute Gasteiger partial charge is 0.465 e. The standard InChI is InChI=1S/C22H13Br2N3O2/c1-29-22(28)20-17(11-26)21(27)16(10-25)18(12-4-2-6-14(23)8-12)19(20)13-5-3-7-15(24)9-13/h2-9H,27H2,1H3. The summed E-state index contributed by atoms with van der Waals surface area (Å²) in [5.41, 5.74) is 8.39. The van der Waals surface area contributed by atoms with Crippen LogP contribution in [0.5, 0.6) is 0 Å². The summed E-state index contributed by atoms with van der Waals surface area (Å²) >= 11 is 6.88. The van der Waals surface area contributed by atoms with E-state index < -0.39 is 5.97 Å². The number of nitrogen functional groups attached to an aromatic ring is 1. The normalized spacial score (nSPS) is 10.1. The molecule has 0 bridgehead atoms. The fraction of sp³-hybridized carbons (Fsp3) is 0.0455. The van der Waals surface area contributed by atoms with Crippen molar-refractivity contribution < 1.29 is 9.53 Å². The van der Waals surface area contributed by atoms with E-state index in [2.05, 4.69) is 37.9 Å². The number of nitrogens with two attached hydrogens (primary N) is 1. The first kappa shape index (κ1) is 20.6. The van der Waals surface area contributed by atoms with Crippen LogP contribution in [-0.4, -0.2) is 13.1 Å². The van der Waals surface area contributed by atoms with E-state index in [4.69, 9.17) is 10.5 Å². The van der Waals surface area contributed by atoms with Crippen molar-refractivity contribution in [3.8, 4) is 34.4 Å². The topological polar surface area (TPSA) is 99.9 Å². The SMILES string of the molecule is COC(=O)c1c(C#N)c(N)c(C#N)c(-c2cccc(Br)c2)c1-c1cccc(Br)c1. The zero-order valence-corrected chi connectivity index (χ0v) is 18.3. The molecule has 0 radical (unpaired) electrons. The van der Waals surface area contributed by atoms with Crippen LogP contribution in [0.3, 0.4) is 0 Å². The van der Waals surface area contributed by atoms with Crippen molar-refractivity contribution in [3.63, 3.8) is 0 Å². The first-order valence-electron chi connectivity index (χ1n) is 8.32. The predicted molar refractivity (Wildman–Crippen MR) is 118 cm³/mol. The molecule has 5 nitrogen and oxygen atoms in total. The lowest BCUT2D eigenvalue weighted by molar-refractivity contribution is 0.0601. The minimum atomic E-state index is -0.705. The molecule has 0 saturated carbocycles. The van der Waals surface area contributed by atoms with Crippen molar-refractivity contribution in [2.75, 3.05) is 12.8 Å². The maximum absolute atomic E-state index is 12.7. The fourth-order valence-corrected chi connectivity index (χ4v) is 3.97. The van der Waals surface area contributed by atoms with Gasteiger partial charge in [-0.15, -0.1) is 0 Å². The van der Waals surface area contributed by atoms with Crippen LogP contribution in [0.15, 0.2) is 57.5 Å². The molecule has 0 atom stereocenters. The first-order valence-corrected chi connectivity index (χ1v) is 9.91. The Hall–Kier alpha value is -3.13. The summed E-state index contributed by atoms with van der Waals surface area (Å²) in [7, 11) is 1.24. The molecule has 0 amide bonds. The van der Waals surface area contributed by atoms with Gasteiger partial charge in [-0.05, 0) is 35.4 Å². The number of anilines is 1. The number of benzene rings is 3. The Morgan fingerprint density at radius 1 is 0.931 bits per heavy atom. The van der Waals surface area contributed by atoms with E-state index in [1.807, 2.05) is 42.5 Å². The summed E-state index contributed by atoms with van der Waals surface area (Å²) in [6.07, 6.45) is 0. The number of nitrogens with zero attached hydrogens (tertiary/aromatic N) is 2. The molecule has 0 aromatic heterocycles. The van der Waals surface area contributed by atoms with Crippen LogP contribution in [0.25, 0.3) is 22.3 Å². The number of hydrogen-bond donors (Lipinski definition) is 1. The quantitative estimate of drug-likeness (QED) is 0.362. The van der Waals surface area contributed by atoms with Crippen molar-refractivity contribution in [2.45, 2.75) is 0 Å². The predicted octanol–water partition coefficient (Wildman–Crippen LogP) is 5.66. The molecule has 0 unspecified atom stereocenters. The minimum absolute atomic E-state index is 0.0274. The van der Waals surface area contributed by atoms with Gasteiger partial charge in [-0.1, -0.05) is 56.1 Å². The summed E-state index contributed by atoms with van der Waals surface area (Å²) in [5, 5.41) is 19.6. The molecule has 3 aromatic rings. The highest BCUT2D eigenvalue weighted by atomic mass is 79.9. The smallest absolute Gasteiger partial charge is 0.339 e. The average molecular weight is 511 g/mol. The summed E-state index contributed by atoms with van der Waals surface area (Å²) in [4.78, 5) is 12.7. The van der Waals surface area contributed by atoms with Gasteiger partial charge in [0, 0.05) is 20.1 Å². The number of carbonyl (C=O) groups is 1. The zero-order chi connectivity index (χ0) is 21.1. The van der Waals surface area contributed by atoms with Gasteiger partial charge in [0.15, 0.2) is 0 Å². The second-order valence-electron chi connectivity index (χ2n) is 6.02. The van der Waals surface area contributed by atoms with Crippen LogP contribution in [-0.2, 0) is 4.74 Å². The van der Waals surface area contributed by atoms with E-state index >= 15 is 0 Å². The molecule has 0 aliphatic rings. The van der Waals surface area contributed by atoms with Crippen molar-refractivity contribution in [1.29, 1.82) is 10.5 Å². The van der Waals surface area contributed by atoms with Crippen LogP contribution in [0.2, 0.25) is 0 Å². The third-order valence-corrected chi connectivity index (χ3v) is 5.36. The Kier molecular flexibility index (Phi) is 6.03. The molecule has 2 N–H and O–H groups in total. The summed E-state index contributed by atoms with van der Waals surface area (Å²) in [6, 6.07) is 18.6. The molecule has 142 valence electrons. The molecule has 0 fully saturated rings. The second kappa shape index (κ2) is 8.48. The monoisotopic (exact) mass is 509 g/mol. The van der Waals surface area contributed by atoms with Crippen LogP contribution in [0.4, 0.5) is 5.69 Å². The van der Waals surface area contributed by atoms with Gasteiger partial charge in [-0.2, -0.15) is 10.5 Å². The van der Waals surface area contributed by atoms with Gasteiger partial charge in [-0.25, -0.2) is 4.79 Å². The molecule has 29 heavy (non-hydrogen) atoms. The van der Waals surface area contributed by atoms with Gasteiger partial charge in [0.1, 0.15) is 12.1 Å². The second-order valence-corrected chi connectivity index (χ2v) is 7.86. The fourth-order valence-electron chi connectivity index (χ4n) is 3.17. The van der Waals surface area contributed by atoms with Crippen molar-refractivity contribution >= 4 is 43.5 Å². The van der Waals surface area contributed by atoms with Crippen molar-refractivity contribution in [1.82, 2.24) is 0 Å². The first-order chi connectivity index (χ1) is 13.9. The molecule has 0 heterocycles. The number of rotatable bonds is 3. The molecule has 0 spiro atoms. The maximum Gasteiger partial charge on any atom is 0.339 e. The summed E-state index contributed by atoms with van der Waals surface area (Å²) in [6.45, 7) is 0. The Labute approximate surface area is 184 Å². The van der Waals surface area contributed by atoms with E-state index in [0.29, 0.717) is 22.3 Å². The number of hydrogen-bond acceptors (Lipinski definition) is 5. The van der Waals surface area contributed by atoms with Crippen LogP contribution >= 0.6 is 31.9 Å². The Balaban J connectivity index is 2.62. The van der Waals surface area contributed by atoms with Gasteiger partial charge in [0.2, 0.25) is 0 Å². The van der Waals surface area contributed by atoms with E-state index in [1.54, 1.807) is 12.1 Å². The molecule has 0 aliphatic heterocycles. The van der Waals surface area contributed by atoms with Gasteiger partial charge in [0.05, 0.1) is 29.5 Å². The van der Waals surface area contributed by atoms with Crippen LogP contribution in [0, 0.1) is 22.7 Å². The third kappa shape index (κ3) is 3.75. The lowest BCUT2D eigenvalue weighted by Gasteiger charge is -2.20. The number of nitriles is 2. The van der Waals surface area contributed by atoms with Gasteiger partial charge in [-0.3, -0.25) is 0 Å². The van der Waals surface area contributed by atoms with Crippen LogP contribution in [0.1, 0.15) is 21.5 Å². The molecule has 0 aliphatic carbocycles. The average Bonchev–Trinajstić information content (AvgIpc) is 2.72. The lowest BCUT2D eigenvalue weighted by atomic mass is 9.83. The molecule has 0 saturated heterocycles. The Morgan fingerprint density at radius 3 is 1.90 bits per heavy atom. The summed E-state index contributed by atoms with van der Waals surface area (Å²) < 4.78 is 6.54. The Bertz CT molecular complexity index is 1220. The molecule has 3 rings (SSSR count). The molecular formula is C22H13Br2N3O2. The molecular weight excluding hydrogens is 498 g/mol. The maximum atomic E-state index is 12.7. The minimum Gasteiger partial charge on any atom is -0.465 e. The van der Waals surface area contributed by atoms with Gasteiger partial charge in [0.25, 0.3) is 0 Å². The van der Waals surface area contributed by atoms with Crippen LogP contribution < -0.4 is 5.73 Å². The summed E-state index contributed by atoms with van der Waals surface area (Å²) in [5.74, 6) is -0.705. The third-order valence-electron chi connectivity index (χ3n) is 4.38. The highest BCUT2D eigenvalue weighted by Gasteiger charge is 2.29. The van der Waals surface area contributed by atoms with Gasteiger partial charge < -0.3 is 10.5 Å². The highest BCUT2D eigenvalue weighted by Crippen LogP contribution is 2.43. The number of methoxy groups -OCH3 is 1. The Morgan fingerprint density at radius 2 is 1.45 bits per heavy atom. The molecule has 7 heteroatoms. The van der Waals surface area contributed by atoms with E-state index in [1.165, 1.54) is 7.11 Å². The number of ether oxygens (including phenoxy) is 1. The van der Waals surface area contributed by atoms with Gasteiger partial charge >= 0.3 is 5.97 Å². The lowest BCUT2D eigenvalue weighted by Crippen LogP contribution is -2.12. The van der Waals surface area contributed by atoms with Crippen molar-refractivity contribution in [3.05, 3.63) is 74.2 Å².